The lowest BCUT2D eigenvalue weighted by atomic mass is 10.3. The molecule has 1 atom stereocenters. The average Bonchev–Trinajstić information content (AvgIpc) is 2.61. The Hall–Kier alpha value is -0.740. The Morgan fingerprint density at radius 3 is 2.67 bits per heavy atom. The van der Waals surface area contributed by atoms with Crippen molar-refractivity contribution in [3.05, 3.63) is 29.3 Å². The van der Waals surface area contributed by atoms with Crippen LogP contribution in [0.25, 0.3) is 0 Å². The van der Waals surface area contributed by atoms with Gasteiger partial charge in [0.25, 0.3) is 0 Å². The van der Waals surface area contributed by atoms with Gasteiger partial charge in [0.05, 0.1) is 6.54 Å². The fraction of sp³-hybridized carbons (Fsp3) is 0.300. The van der Waals surface area contributed by atoms with Gasteiger partial charge in [0.1, 0.15) is 6.10 Å². The van der Waals surface area contributed by atoms with E-state index in [0.29, 0.717) is 16.9 Å². The summed E-state index contributed by atoms with van der Waals surface area (Å²) in [5.74, 6) is 0. The topological polar surface area (TPSA) is 29.5 Å². The summed E-state index contributed by atoms with van der Waals surface area (Å²) in [7, 11) is 0. The van der Waals surface area contributed by atoms with E-state index >= 15 is 0 Å². The molecule has 1 aromatic rings. The summed E-state index contributed by atoms with van der Waals surface area (Å²) in [6.45, 7) is 0.575. The van der Waals surface area contributed by atoms with Crippen molar-refractivity contribution in [2.24, 2.45) is 0 Å². The summed E-state index contributed by atoms with van der Waals surface area (Å²) in [5, 5.41) is 1.31. The number of hydrogen-bond donors (Lipinski definition) is 0. The Kier molecular flexibility index (Phi) is 3.17. The van der Waals surface area contributed by atoms with Crippen molar-refractivity contribution in [2.45, 2.75) is 6.10 Å². The molecule has 1 aromatic carbocycles. The lowest BCUT2D eigenvalue weighted by Gasteiger charge is -2.12. The second kappa shape index (κ2) is 4.41. The van der Waals surface area contributed by atoms with Gasteiger partial charge >= 0.3 is 6.09 Å². The Morgan fingerprint density at radius 1 is 1.47 bits per heavy atom. The van der Waals surface area contributed by atoms with Crippen molar-refractivity contribution in [3.8, 4) is 0 Å². The zero-order valence-corrected chi connectivity index (χ0v) is 10.2. The largest absolute Gasteiger partial charge is 0.443 e. The van der Waals surface area contributed by atoms with Crippen LogP contribution in [0.15, 0.2) is 24.3 Å². The number of anilines is 1. The van der Waals surface area contributed by atoms with Crippen molar-refractivity contribution in [3.63, 3.8) is 0 Å². The molecule has 1 saturated heterocycles. The molecule has 1 fully saturated rings. The van der Waals surface area contributed by atoms with Crippen LogP contribution in [0, 0.1) is 0 Å². The van der Waals surface area contributed by atoms with Crippen molar-refractivity contribution < 1.29 is 9.53 Å². The van der Waals surface area contributed by atoms with Crippen molar-refractivity contribution >= 4 is 39.3 Å². The van der Waals surface area contributed by atoms with Crippen molar-refractivity contribution in [1.82, 2.24) is 0 Å². The molecule has 1 aliphatic rings. The first kappa shape index (κ1) is 10.8. The van der Waals surface area contributed by atoms with E-state index in [1.54, 1.807) is 29.2 Å². The van der Waals surface area contributed by atoms with Gasteiger partial charge in [-0.1, -0.05) is 27.5 Å². The van der Waals surface area contributed by atoms with E-state index in [2.05, 4.69) is 15.9 Å². The van der Waals surface area contributed by atoms with Crippen LogP contribution in [-0.4, -0.2) is 24.1 Å². The van der Waals surface area contributed by atoms with Crippen LogP contribution in [0.1, 0.15) is 0 Å². The molecule has 80 valence electrons. The van der Waals surface area contributed by atoms with E-state index in [-0.39, 0.29) is 12.2 Å². The maximum atomic E-state index is 11.5. The Balaban J connectivity index is 2.18. The summed E-state index contributed by atoms with van der Waals surface area (Å²) in [4.78, 5) is 13.1. The molecule has 1 aliphatic heterocycles. The molecule has 5 heteroatoms. The number of rotatable bonds is 2. The number of carbonyl (C=O) groups is 1. The zero-order valence-electron chi connectivity index (χ0n) is 7.82. The van der Waals surface area contributed by atoms with E-state index in [0.717, 1.165) is 5.69 Å². The molecule has 2 rings (SSSR count). The summed E-state index contributed by atoms with van der Waals surface area (Å²) >= 11 is 9.06. The molecule has 0 bridgehead atoms. The Labute approximate surface area is 101 Å². The maximum Gasteiger partial charge on any atom is 0.414 e. The maximum absolute atomic E-state index is 11.5. The predicted molar refractivity (Wildman–Crippen MR) is 62.9 cm³/mol. The van der Waals surface area contributed by atoms with E-state index in [1.165, 1.54) is 0 Å². The molecule has 0 unspecified atom stereocenters. The second-order valence-corrected chi connectivity index (χ2v) is 4.33. The number of amides is 1. The number of ether oxygens (including phenoxy) is 1. The smallest absolute Gasteiger partial charge is 0.414 e. The highest BCUT2D eigenvalue weighted by Gasteiger charge is 2.31. The van der Waals surface area contributed by atoms with Gasteiger partial charge in [-0.25, -0.2) is 4.79 Å². The molecule has 0 radical (unpaired) electrons. The van der Waals surface area contributed by atoms with Crippen LogP contribution < -0.4 is 4.90 Å². The first-order valence-electron chi connectivity index (χ1n) is 4.50. The quantitative estimate of drug-likeness (QED) is 0.784. The molecule has 0 spiro atoms. The second-order valence-electron chi connectivity index (χ2n) is 3.25. The Bertz CT molecular complexity index is 368. The summed E-state index contributed by atoms with van der Waals surface area (Å²) in [6.07, 6.45) is -0.380. The zero-order chi connectivity index (χ0) is 10.8. The third kappa shape index (κ3) is 2.26. The van der Waals surface area contributed by atoms with E-state index in [9.17, 15) is 4.79 Å². The standard InChI is InChI=1S/C10H9BrClNO2/c11-5-9-6-13(10(14)15-9)8-3-1-7(12)2-4-8/h1-4,9H,5-6H2/t9-/m1/s1. The van der Waals surface area contributed by atoms with Crippen LogP contribution in [0.5, 0.6) is 0 Å². The van der Waals surface area contributed by atoms with Crippen LogP contribution in [0.3, 0.4) is 0 Å². The fourth-order valence-corrected chi connectivity index (χ4v) is 1.90. The molecule has 0 saturated carbocycles. The number of carbonyl (C=O) groups excluding carboxylic acids is 1. The van der Waals surface area contributed by atoms with E-state index < -0.39 is 0 Å². The molecular formula is C10H9BrClNO2. The number of cyclic esters (lactones) is 1. The number of nitrogens with zero attached hydrogens (tertiary/aromatic N) is 1. The predicted octanol–water partition coefficient (Wildman–Crippen LogP) is 3.06. The van der Waals surface area contributed by atoms with Gasteiger partial charge < -0.3 is 4.74 Å². The molecule has 3 nitrogen and oxygen atoms in total. The summed E-state index contributed by atoms with van der Waals surface area (Å²) in [6, 6.07) is 7.12. The molecule has 15 heavy (non-hydrogen) atoms. The highest BCUT2D eigenvalue weighted by molar-refractivity contribution is 9.09. The highest BCUT2D eigenvalue weighted by atomic mass is 79.9. The average molecular weight is 291 g/mol. The minimum atomic E-state index is -0.304. The monoisotopic (exact) mass is 289 g/mol. The van der Waals surface area contributed by atoms with E-state index in [1.807, 2.05) is 0 Å². The van der Waals surface area contributed by atoms with Crippen LogP contribution in [0.4, 0.5) is 10.5 Å². The molecular weight excluding hydrogens is 281 g/mol. The number of hydrogen-bond acceptors (Lipinski definition) is 2. The molecule has 0 aliphatic carbocycles. The normalized spacial score (nSPS) is 20.5. The lowest BCUT2D eigenvalue weighted by Crippen LogP contribution is -2.24. The molecule has 1 amide bonds. The van der Waals surface area contributed by atoms with Gasteiger partial charge in [-0.15, -0.1) is 0 Å². The van der Waals surface area contributed by atoms with Crippen LogP contribution in [0.2, 0.25) is 5.02 Å². The van der Waals surface area contributed by atoms with Gasteiger partial charge in [0.15, 0.2) is 0 Å². The van der Waals surface area contributed by atoms with Gasteiger partial charge in [0, 0.05) is 16.0 Å². The third-order valence-electron chi connectivity index (χ3n) is 2.18. The summed E-state index contributed by atoms with van der Waals surface area (Å²) < 4.78 is 5.11. The van der Waals surface area contributed by atoms with Crippen molar-refractivity contribution in [2.75, 3.05) is 16.8 Å². The first-order chi connectivity index (χ1) is 7.20. The number of benzene rings is 1. The minimum Gasteiger partial charge on any atom is -0.443 e. The lowest BCUT2D eigenvalue weighted by molar-refractivity contribution is 0.152. The SMILES string of the molecule is O=C1O[C@H](CBr)CN1c1ccc(Cl)cc1. The van der Waals surface area contributed by atoms with Gasteiger partial charge in [-0.3, -0.25) is 4.90 Å². The molecule has 0 N–H and O–H groups in total. The minimum absolute atomic E-state index is 0.0758. The molecule has 1 heterocycles. The number of alkyl halides is 1. The van der Waals surface area contributed by atoms with Gasteiger partial charge in [-0.2, -0.15) is 0 Å². The number of halogens is 2. The van der Waals surface area contributed by atoms with E-state index in [4.69, 9.17) is 16.3 Å². The fourth-order valence-electron chi connectivity index (χ4n) is 1.43. The molecule has 0 aromatic heterocycles. The first-order valence-corrected chi connectivity index (χ1v) is 6.00. The van der Waals surface area contributed by atoms with Gasteiger partial charge in [0.2, 0.25) is 0 Å². The van der Waals surface area contributed by atoms with Gasteiger partial charge in [-0.05, 0) is 24.3 Å². The third-order valence-corrected chi connectivity index (χ3v) is 3.16. The summed E-state index contributed by atoms with van der Waals surface area (Å²) in [5.41, 5.74) is 0.813. The Morgan fingerprint density at radius 2 is 2.13 bits per heavy atom. The highest BCUT2D eigenvalue weighted by Crippen LogP contribution is 2.23. The van der Waals surface area contributed by atoms with Crippen LogP contribution in [-0.2, 0) is 4.74 Å². The van der Waals surface area contributed by atoms with Crippen LogP contribution >= 0.6 is 27.5 Å². The van der Waals surface area contributed by atoms with Crippen molar-refractivity contribution in [1.29, 1.82) is 0 Å².